The normalized spacial score (nSPS) is 27.2. The molecule has 0 bridgehead atoms. The zero-order valence-electron chi connectivity index (χ0n) is 54.8. The fourth-order valence-electron chi connectivity index (χ4n) is 17.3. The number of anilines is 1. The van der Waals surface area contributed by atoms with E-state index < -0.39 is 60.4 Å². The molecule has 14 rings (SSSR count). The quantitative estimate of drug-likeness (QED) is 0.188. The second-order valence-electron chi connectivity index (χ2n) is 27.6. The highest BCUT2D eigenvalue weighted by Gasteiger charge is 2.53. The summed E-state index contributed by atoms with van der Waals surface area (Å²) in [5.74, 6) is -3.54. The topological polar surface area (TPSA) is 284 Å². The van der Waals surface area contributed by atoms with Gasteiger partial charge in [0, 0.05) is 84.0 Å². The van der Waals surface area contributed by atoms with Gasteiger partial charge in [-0.25, -0.2) is 0 Å². The molecule has 26 heteroatoms. The van der Waals surface area contributed by atoms with Crippen molar-refractivity contribution in [2.24, 2.45) is 0 Å². The number of likely N-dealkylation sites (tertiary alicyclic amines) is 10. The minimum Gasteiger partial charge on any atom is -0.329 e. The van der Waals surface area contributed by atoms with E-state index in [4.69, 9.17) is 0 Å². The molecule has 0 spiro atoms. The number of nitrogens with zero attached hydrogens (tertiary/aromatic N) is 14. The number of aromatic nitrogens is 4. The van der Waals surface area contributed by atoms with Crippen LogP contribution in [0.25, 0.3) is 22.8 Å². The Morgan fingerprint density at radius 1 is 0.278 bits per heavy atom. The maximum atomic E-state index is 14.9. The first-order chi connectivity index (χ1) is 47.2. The van der Waals surface area contributed by atoms with Crippen LogP contribution in [0.3, 0.4) is 0 Å². The Bertz CT molecular complexity index is 3700. The molecular formula is C71H85N15O11. The average Bonchev–Trinajstić information content (AvgIpc) is 1.66. The van der Waals surface area contributed by atoms with E-state index in [1.807, 2.05) is 36.4 Å². The summed E-state index contributed by atoms with van der Waals surface area (Å²) in [6.45, 7) is 3.24. The minimum absolute atomic E-state index is 0.288. The van der Waals surface area contributed by atoms with Crippen molar-refractivity contribution >= 4 is 70.7 Å². The second-order valence-corrected chi connectivity index (χ2v) is 27.6. The van der Waals surface area contributed by atoms with Crippen molar-refractivity contribution in [3.05, 3.63) is 91.0 Å². The van der Waals surface area contributed by atoms with Gasteiger partial charge < -0.3 is 54.3 Å². The Kier molecular flexibility index (Phi) is 18.8. The van der Waals surface area contributed by atoms with Crippen LogP contribution in [0.2, 0.25) is 0 Å². The smallest absolute Gasteiger partial charge is 0.256 e. The maximum Gasteiger partial charge on any atom is 0.256 e. The lowest BCUT2D eigenvalue weighted by Gasteiger charge is -2.37. The van der Waals surface area contributed by atoms with E-state index in [9.17, 15) is 52.7 Å². The van der Waals surface area contributed by atoms with Crippen LogP contribution < -0.4 is 5.32 Å². The molecule has 14 heterocycles. The molecule has 11 amide bonds. The molecule has 10 fully saturated rings. The van der Waals surface area contributed by atoms with Gasteiger partial charge in [0.15, 0.2) is 0 Å². The Labute approximate surface area is 563 Å². The largest absolute Gasteiger partial charge is 0.329 e. The molecule has 510 valence electrons. The average molecular weight is 1320 g/mol. The first-order valence-corrected chi connectivity index (χ1v) is 35.3. The van der Waals surface area contributed by atoms with E-state index >= 15 is 0 Å². The Balaban J connectivity index is 0.582. The summed E-state index contributed by atoms with van der Waals surface area (Å²) in [7, 11) is 0. The van der Waals surface area contributed by atoms with Crippen LogP contribution >= 0.6 is 0 Å². The fraction of sp³-hybridized carbons (Fsp3) is 0.563. The number of hydrogen-bond donors (Lipinski definition) is 1. The van der Waals surface area contributed by atoms with Crippen molar-refractivity contribution < 1.29 is 52.7 Å². The Morgan fingerprint density at radius 2 is 0.536 bits per heavy atom. The summed E-state index contributed by atoms with van der Waals surface area (Å²) in [5, 5.41) is 2.93. The zero-order valence-corrected chi connectivity index (χ0v) is 54.8. The predicted molar refractivity (Wildman–Crippen MR) is 350 cm³/mol. The van der Waals surface area contributed by atoms with Crippen LogP contribution in [0.15, 0.2) is 85.5 Å². The van der Waals surface area contributed by atoms with Crippen molar-refractivity contribution in [2.45, 2.75) is 189 Å². The summed E-state index contributed by atoms with van der Waals surface area (Å²) < 4.78 is 0. The molecule has 26 nitrogen and oxygen atoms in total. The molecule has 0 aromatic carbocycles. The lowest BCUT2D eigenvalue weighted by molar-refractivity contribution is -0.155. The molecule has 4 aromatic rings. The molecule has 4 aromatic heterocycles. The first-order valence-electron chi connectivity index (χ1n) is 35.3. The van der Waals surface area contributed by atoms with Gasteiger partial charge >= 0.3 is 0 Å². The molecule has 0 unspecified atom stereocenters. The van der Waals surface area contributed by atoms with E-state index in [0.717, 1.165) is 0 Å². The molecule has 1 N–H and O–H groups in total. The third-order valence-electron chi connectivity index (χ3n) is 22.1. The zero-order chi connectivity index (χ0) is 67.0. The van der Waals surface area contributed by atoms with Crippen LogP contribution in [0.5, 0.6) is 0 Å². The van der Waals surface area contributed by atoms with Crippen molar-refractivity contribution in [1.29, 1.82) is 0 Å². The highest BCUT2D eigenvalue weighted by atomic mass is 16.2. The van der Waals surface area contributed by atoms with Crippen LogP contribution in [0, 0.1) is 0 Å². The van der Waals surface area contributed by atoms with Crippen molar-refractivity contribution in [3.63, 3.8) is 0 Å². The molecule has 0 saturated carbocycles. The highest BCUT2D eigenvalue weighted by molar-refractivity contribution is 6.02. The molecule has 97 heavy (non-hydrogen) atoms. The first kappa shape index (κ1) is 65.1. The number of carbonyl (C=O) groups excluding carboxylic acids is 11. The summed E-state index contributed by atoms with van der Waals surface area (Å²) in [6, 6.07) is 9.78. The van der Waals surface area contributed by atoms with Crippen LogP contribution in [0.1, 0.15) is 139 Å². The molecule has 10 aliphatic heterocycles. The Morgan fingerprint density at radius 3 is 0.804 bits per heavy atom. The molecule has 0 radical (unpaired) electrons. The van der Waals surface area contributed by atoms with E-state index in [1.165, 1.54) is 6.20 Å². The SMILES string of the molecule is O=C(Nc1ccc(-c2ccccn2)nc1)[C@@H]1CCCN1C(=O)[C@@H]1CCCN1C(=O)[C@@H]1CCCN1C(=O)[C@@H]1CCCN1C(=O)[C@@H]1CCCN1C(=O)[C@@H]1CCCN1C(=O)[C@@H]1CCCN1C(=O)[C@@H]1CCCN1C(=O)[C@@H]1CCCN1C(=O)[C@@H]1CCCN1C(=O)c1ccc(-c2ccccn2)nc1. The lowest BCUT2D eigenvalue weighted by Crippen LogP contribution is -2.59. The molecular weight excluding hydrogens is 1240 g/mol. The van der Waals surface area contributed by atoms with E-state index in [1.54, 1.807) is 91.9 Å². The third-order valence-corrected chi connectivity index (χ3v) is 22.1. The van der Waals surface area contributed by atoms with Gasteiger partial charge in [0.25, 0.3) is 5.91 Å². The minimum atomic E-state index is -0.865. The van der Waals surface area contributed by atoms with Gasteiger partial charge in [-0.1, -0.05) is 12.1 Å². The number of pyridine rings is 4. The van der Waals surface area contributed by atoms with Gasteiger partial charge in [-0.15, -0.1) is 0 Å². The van der Waals surface area contributed by atoms with E-state index in [2.05, 4.69) is 25.3 Å². The summed E-state index contributed by atoms with van der Waals surface area (Å²) in [5.41, 5.74) is 3.46. The summed E-state index contributed by atoms with van der Waals surface area (Å²) in [6.07, 6.45) is 16.2. The van der Waals surface area contributed by atoms with Gasteiger partial charge in [0.05, 0.1) is 40.2 Å². The lowest BCUT2D eigenvalue weighted by atomic mass is 10.1. The number of hydrogen-bond acceptors (Lipinski definition) is 15. The van der Waals surface area contributed by atoms with Crippen LogP contribution in [-0.2, 0) is 47.9 Å². The van der Waals surface area contributed by atoms with Gasteiger partial charge in [-0.2, -0.15) is 0 Å². The fourth-order valence-corrected chi connectivity index (χ4v) is 17.3. The second kappa shape index (κ2) is 28.1. The molecule has 10 atom stereocenters. The van der Waals surface area contributed by atoms with Crippen molar-refractivity contribution in [3.8, 4) is 22.8 Å². The van der Waals surface area contributed by atoms with E-state index in [-0.39, 0.29) is 65.0 Å². The molecule has 10 saturated heterocycles. The van der Waals surface area contributed by atoms with E-state index in [0.29, 0.717) is 228 Å². The van der Waals surface area contributed by atoms with Gasteiger partial charge in [-0.05, 0) is 177 Å². The van der Waals surface area contributed by atoms with Gasteiger partial charge in [0.1, 0.15) is 60.4 Å². The van der Waals surface area contributed by atoms with Crippen LogP contribution in [-0.4, -0.2) is 260 Å². The number of carbonyl (C=O) groups is 11. The highest BCUT2D eigenvalue weighted by Crippen LogP contribution is 2.37. The molecule has 10 aliphatic rings. The standard InChI is InChI=1S/C71H85N15O11/c87-61(76-46-28-30-50(75-44-46)48-16-2-4-32-73-48)51-17-5-33-77(51)63(89)53-19-7-35-79(53)65(91)55-21-9-37-81(55)67(93)57-23-11-39-83(57)69(95)59-25-13-41-85(59)71(97)60-26-14-42-86(60)70(96)58-24-12-40-84(58)68(94)56-22-10-38-82(56)66(92)54-20-8-36-80(54)64(90)52-18-6-34-78(52)62(88)45-27-29-49(74-43-45)47-15-1-3-31-72-47/h1-4,15-16,27-32,43-44,51-60H,5-14,17-26,33-42H2,(H,76,87)/t51-,52-,53-,54-,55-,56-,57-,58-,59-,60-/m0/s1. The van der Waals surface area contributed by atoms with Crippen molar-refractivity contribution in [2.75, 3.05) is 70.8 Å². The monoisotopic (exact) mass is 1320 g/mol. The number of rotatable bonds is 14. The maximum absolute atomic E-state index is 14.9. The predicted octanol–water partition coefficient (Wildman–Crippen LogP) is 3.76. The molecule has 0 aliphatic carbocycles. The van der Waals surface area contributed by atoms with Crippen molar-refractivity contribution in [1.82, 2.24) is 68.9 Å². The van der Waals surface area contributed by atoms with Gasteiger partial charge in [0.2, 0.25) is 59.1 Å². The summed E-state index contributed by atoms with van der Waals surface area (Å²) >= 11 is 0. The summed E-state index contributed by atoms with van der Waals surface area (Å²) in [4.78, 5) is 194. The van der Waals surface area contributed by atoms with Gasteiger partial charge in [-0.3, -0.25) is 72.7 Å². The van der Waals surface area contributed by atoms with Crippen LogP contribution in [0.4, 0.5) is 5.69 Å². The number of amides is 11. The number of nitrogens with one attached hydrogen (secondary N) is 1. The Hall–Kier alpha value is -9.23. The third kappa shape index (κ3) is 12.6.